The lowest BCUT2D eigenvalue weighted by Crippen LogP contribution is -2.37. The SMILES string of the molecule is COc1cccc([C@@H]2[C@@H]3C(=O)N(c4cccc5ccccc45)C(=O)[C@@H]3ON2c2ccccc2)c1. The van der Waals surface area contributed by atoms with Gasteiger partial charge >= 0.3 is 0 Å². The summed E-state index contributed by atoms with van der Waals surface area (Å²) in [6.07, 6.45) is -0.914. The van der Waals surface area contributed by atoms with Gasteiger partial charge < -0.3 is 4.74 Å². The predicted octanol–water partition coefficient (Wildman–Crippen LogP) is 4.90. The lowest BCUT2D eigenvalue weighted by molar-refractivity contribution is -0.126. The number of anilines is 2. The molecule has 2 saturated heterocycles. The fraction of sp³-hybridized carbons (Fsp3) is 0.143. The van der Waals surface area contributed by atoms with Crippen LogP contribution in [-0.2, 0) is 14.4 Å². The molecule has 0 spiro atoms. The third kappa shape index (κ3) is 3.07. The Morgan fingerprint density at radius 3 is 2.35 bits per heavy atom. The van der Waals surface area contributed by atoms with Gasteiger partial charge in [-0.2, -0.15) is 0 Å². The van der Waals surface area contributed by atoms with Crippen molar-refractivity contribution >= 4 is 34.0 Å². The second-order valence-electron chi connectivity index (χ2n) is 8.44. The van der Waals surface area contributed by atoms with Crippen LogP contribution in [0.5, 0.6) is 5.75 Å². The van der Waals surface area contributed by atoms with E-state index in [0.717, 1.165) is 22.0 Å². The van der Waals surface area contributed by atoms with Crippen LogP contribution in [0.2, 0.25) is 0 Å². The van der Waals surface area contributed by atoms with Gasteiger partial charge in [0.05, 0.1) is 24.5 Å². The van der Waals surface area contributed by atoms with Crippen molar-refractivity contribution in [3.8, 4) is 5.75 Å². The van der Waals surface area contributed by atoms with Gasteiger partial charge in [-0.15, -0.1) is 0 Å². The minimum absolute atomic E-state index is 0.266. The average molecular weight is 450 g/mol. The van der Waals surface area contributed by atoms with Crippen LogP contribution in [0.25, 0.3) is 10.8 Å². The number of hydrogen-bond acceptors (Lipinski definition) is 5. The summed E-state index contributed by atoms with van der Waals surface area (Å²) in [5.41, 5.74) is 2.21. The molecule has 0 N–H and O–H groups in total. The van der Waals surface area contributed by atoms with Gasteiger partial charge in [-0.25, -0.2) is 9.96 Å². The molecule has 2 aliphatic rings. The Bertz CT molecular complexity index is 1400. The minimum Gasteiger partial charge on any atom is -0.497 e. The van der Waals surface area contributed by atoms with Crippen LogP contribution in [0.4, 0.5) is 11.4 Å². The van der Waals surface area contributed by atoms with Gasteiger partial charge in [0.15, 0.2) is 6.10 Å². The number of carbonyl (C=O) groups excluding carboxylic acids is 2. The first-order valence-electron chi connectivity index (χ1n) is 11.2. The van der Waals surface area contributed by atoms with E-state index in [9.17, 15) is 9.59 Å². The number of imide groups is 1. The molecule has 0 bridgehead atoms. The van der Waals surface area contributed by atoms with E-state index in [1.54, 1.807) is 12.2 Å². The minimum atomic E-state index is -0.914. The number of rotatable bonds is 4. The van der Waals surface area contributed by atoms with E-state index in [-0.39, 0.29) is 11.8 Å². The van der Waals surface area contributed by atoms with Gasteiger partial charge in [0, 0.05) is 5.39 Å². The zero-order chi connectivity index (χ0) is 23.2. The van der Waals surface area contributed by atoms with Crippen LogP contribution in [0.3, 0.4) is 0 Å². The fourth-order valence-electron chi connectivity index (χ4n) is 5.02. The lowest BCUT2D eigenvalue weighted by atomic mass is 9.90. The van der Waals surface area contributed by atoms with Crippen molar-refractivity contribution in [1.82, 2.24) is 0 Å². The Morgan fingerprint density at radius 1 is 0.794 bits per heavy atom. The largest absolute Gasteiger partial charge is 0.497 e. The van der Waals surface area contributed by atoms with Crippen molar-refractivity contribution < 1.29 is 19.2 Å². The Kier molecular flexibility index (Phi) is 4.81. The zero-order valence-corrected chi connectivity index (χ0v) is 18.5. The molecule has 4 aromatic rings. The Balaban J connectivity index is 1.47. The number of hydrogen-bond donors (Lipinski definition) is 0. The predicted molar refractivity (Wildman–Crippen MR) is 129 cm³/mol. The second kappa shape index (κ2) is 8.01. The first-order valence-corrected chi connectivity index (χ1v) is 11.2. The molecular weight excluding hydrogens is 428 g/mol. The highest BCUT2D eigenvalue weighted by molar-refractivity contribution is 6.26. The van der Waals surface area contributed by atoms with Crippen LogP contribution >= 0.6 is 0 Å². The quantitative estimate of drug-likeness (QED) is 0.414. The number of ether oxygens (including phenoxy) is 1. The van der Waals surface area contributed by atoms with E-state index in [1.807, 2.05) is 97.1 Å². The summed E-state index contributed by atoms with van der Waals surface area (Å²) in [6, 6.07) is 30.0. The molecule has 34 heavy (non-hydrogen) atoms. The zero-order valence-electron chi connectivity index (χ0n) is 18.5. The van der Waals surface area contributed by atoms with Gasteiger partial charge in [-0.3, -0.25) is 14.4 Å². The molecule has 6 heteroatoms. The maximum atomic E-state index is 13.9. The Labute approximate surface area is 196 Å². The van der Waals surface area contributed by atoms with Crippen molar-refractivity contribution in [3.05, 3.63) is 103 Å². The number of nitrogens with zero attached hydrogens (tertiary/aromatic N) is 2. The van der Waals surface area contributed by atoms with Gasteiger partial charge in [-0.1, -0.05) is 66.7 Å². The standard InChI is InChI=1S/C28H22N2O4/c1-33-21-14-7-11-19(17-21)25-24-26(34-30(25)20-12-3-2-4-13-20)28(32)29(27(24)31)23-16-8-10-18-9-5-6-15-22(18)23/h2-17,24-26H,1H3/t24-,25+,26+/m0/s1. The normalized spacial score (nSPS) is 21.9. The van der Waals surface area contributed by atoms with Gasteiger partial charge in [0.1, 0.15) is 11.7 Å². The molecule has 0 radical (unpaired) electrons. The van der Waals surface area contributed by atoms with Crippen molar-refractivity contribution in [2.24, 2.45) is 5.92 Å². The van der Waals surface area contributed by atoms with Gasteiger partial charge in [-0.05, 0) is 41.3 Å². The fourth-order valence-corrected chi connectivity index (χ4v) is 5.02. The summed E-state index contributed by atoms with van der Waals surface area (Å²) in [5.74, 6) is -0.634. The molecular formula is C28H22N2O4. The highest BCUT2D eigenvalue weighted by Gasteiger charge is 2.60. The molecule has 2 fully saturated rings. The number of hydroxylamine groups is 1. The first-order chi connectivity index (χ1) is 16.7. The third-order valence-corrected chi connectivity index (χ3v) is 6.57. The molecule has 6 nitrogen and oxygen atoms in total. The summed E-state index contributed by atoms with van der Waals surface area (Å²) in [6.45, 7) is 0. The molecule has 2 aliphatic heterocycles. The van der Waals surface area contributed by atoms with Crippen molar-refractivity contribution in [2.75, 3.05) is 17.1 Å². The molecule has 2 heterocycles. The van der Waals surface area contributed by atoms with Crippen molar-refractivity contribution in [2.45, 2.75) is 12.1 Å². The molecule has 6 rings (SSSR count). The summed E-state index contributed by atoms with van der Waals surface area (Å²) < 4.78 is 5.43. The van der Waals surface area contributed by atoms with Crippen LogP contribution in [0.1, 0.15) is 11.6 Å². The van der Waals surface area contributed by atoms with Crippen LogP contribution in [0.15, 0.2) is 97.1 Å². The van der Waals surface area contributed by atoms with Crippen LogP contribution < -0.4 is 14.7 Å². The highest BCUT2D eigenvalue weighted by Crippen LogP contribution is 2.48. The number of methoxy groups -OCH3 is 1. The first kappa shape index (κ1) is 20.4. The molecule has 0 aliphatic carbocycles. The van der Waals surface area contributed by atoms with E-state index in [4.69, 9.17) is 9.57 Å². The highest BCUT2D eigenvalue weighted by atomic mass is 16.7. The third-order valence-electron chi connectivity index (χ3n) is 6.57. The summed E-state index contributed by atoms with van der Waals surface area (Å²) in [7, 11) is 1.61. The van der Waals surface area contributed by atoms with Crippen LogP contribution in [-0.4, -0.2) is 25.0 Å². The van der Waals surface area contributed by atoms with Crippen LogP contribution in [0, 0.1) is 5.92 Å². The average Bonchev–Trinajstić information content (AvgIpc) is 3.40. The van der Waals surface area contributed by atoms with E-state index in [2.05, 4.69) is 0 Å². The Morgan fingerprint density at radius 2 is 1.53 bits per heavy atom. The molecule has 0 unspecified atom stereocenters. The van der Waals surface area contributed by atoms with Gasteiger partial charge in [0.25, 0.3) is 5.91 Å². The summed E-state index contributed by atoms with van der Waals surface area (Å²) in [5, 5.41) is 3.51. The van der Waals surface area contributed by atoms with Crippen molar-refractivity contribution in [3.63, 3.8) is 0 Å². The van der Waals surface area contributed by atoms with E-state index < -0.39 is 18.1 Å². The summed E-state index contributed by atoms with van der Waals surface area (Å²) >= 11 is 0. The number of benzene rings is 4. The monoisotopic (exact) mass is 450 g/mol. The molecule has 2 amide bonds. The number of para-hydroxylation sites is 1. The summed E-state index contributed by atoms with van der Waals surface area (Å²) in [4.78, 5) is 35.1. The molecule has 168 valence electrons. The number of fused-ring (bicyclic) bond motifs is 2. The number of carbonyl (C=O) groups is 2. The second-order valence-corrected chi connectivity index (χ2v) is 8.44. The maximum Gasteiger partial charge on any atom is 0.266 e. The van der Waals surface area contributed by atoms with E-state index >= 15 is 0 Å². The topological polar surface area (TPSA) is 59.1 Å². The number of amides is 2. The lowest BCUT2D eigenvalue weighted by Gasteiger charge is -2.29. The van der Waals surface area contributed by atoms with Gasteiger partial charge in [0.2, 0.25) is 5.91 Å². The molecule has 4 aromatic carbocycles. The smallest absolute Gasteiger partial charge is 0.266 e. The molecule has 3 atom stereocenters. The Hall–Kier alpha value is -4.16. The molecule has 0 aromatic heterocycles. The van der Waals surface area contributed by atoms with Crippen molar-refractivity contribution in [1.29, 1.82) is 0 Å². The van der Waals surface area contributed by atoms with E-state index in [1.165, 1.54) is 4.90 Å². The molecule has 0 saturated carbocycles. The van der Waals surface area contributed by atoms with E-state index in [0.29, 0.717) is 11.4 Å². The maximum absolute atomic E-state index is 13.9.